The van der Waals surface area contributed by atoms with Crippen LogP contribution in [-0.2, 0) is 13.5 Å². The van der Waals surface area contributed by atoms with E-state index in [1.807, 2.05) is 18.4 Å². The maximum atomic E-state index is 12.3. The highest BCUT2D eigenvalue weighted by molar-refractivity contribution is 7.08. The van der Waals surface area contributed by atoms with Gasteiger partial charge in [-0.2, -0.15) is 16.4 Å². The molecule has 0 saturated carbocycles. The Morgan fingerprint density at radius 1 is 1.42 bits per heavy atom. The Kier molecular flexibility index (Phi) is 4.46. The predicted molar refractivity (Wildman–Crippen MR) is 103 cm³/mol. The zero-order valence-corrected chi connectivity index (χ0v) is 16.0. The second kappa shape index (κ2) is 6.78. The third-order valence-corrected chi connectivity index (χ3v) is 5.40. The van der Waals surface area contributed by atoms with Crippen molar-refractivity contribution in [2.75, 3.05) is 6.54 Å². The fourth-order valence-corrected chi connectivity index (χ4v) is 4.17. The molecule has 26 heavy (non-hydrogen) atoms. The van der Waals surface area contributed by atoms with Crippen LogP contribution in [0.1, 0.15) is 21.7 Å². The summed E-state index contributed by atoms with van der Waals surface area (Å²) >= 11 is 8.08. The lowest BCUT2D eigenvalue weighted by atomic mass is 10.0. The van der Waals surface area contributed by atoms with E-state index in [9.17, 15) is 4.79 Å². The molecule has 1 aliphatic rings. The summed E-state index contributed by atoms with van der Waals surface area (Å²) in [7, 11) is 1.76. The number of halogens is 1. The van der Waals surface area contributed by atoms with Crippen molar-refractivity contribution in [3.05, 3.63) is 57.0 Å². The Morgan fingerprint density at radius 2 is 2.27 bits per heavy atom. The van der Waals surface area contributed by atoms with Crippen LogP contribution in [0, 0.1) is 6.92 Å². The first kappa shape index (κ1) is 17.1. The van der Waals surface area contributed by atoms with Crippen molar-refractivity contribution in [2.45, 2.75) is 19.4 Å². The average molecular weight is 388 g/mol. The molecule has 0 unspecified atom stereocenters. The zero-order chi connectivity index (χ0) is 18.3. The number of hydrogen-bond donors (Lipinski definition) is 1. The lowest BCUT2D eigenvalue weighted by Crippen LogP contribution is -2.35. The number of fused-ring (bicyclic) bond motifs is 1. The summed E-state index contributed by atoms with van der Waals surface area (Å²) in [6.07, 6.45) is 0.594. The Bertz CT molecular complexity index is 966. The highest BCUT2D eigenvalue weighted by Crippen LogP contribution is 2.39. The molecule has 1 N–H and O–H groups in total. The number of amides is 1. The van der Waals surface area contributed by atoms with Gasteiger partial charge in [0, 0.05) is 19.0 Å². The minimum absolute atomic E-state index is 0.126. The monoisotopic (exact) mass is 387 g/mol. The molecule has 1 aromatic carbocycles. The van der Waals surface area contributed by atoms with Crippen molar-refractivity contribution < 1.29 is 9.53 Å². The van der Waals surface area contributed by atoms with Gasteiger partial charge in [0.05, 0.1) is 17.3 Å². The molecule has 4 rings (SSSR count). The highest BCUT2D eigenvalue weighted by Gasteiger charge is 2.27. The number of aromatic nitrogens is 2. The normalized spacial score (nSPS) is 15.6. The van der Waals surface area contributed by atoms with Crippen LogP contribution in [0.5, 0.6) is 5.75 Å². The minimum atomic E-state index is -0.155. The third kappa shape index (κ3) is 3.22. The number of benzene rings is 1. The topological polar surface area (TPSA) is 56.1 Å². The van der Waals surface area contributed by atoms with Crippen LogP contribution in [0.25, 0.3) is 11.1 Å². The Hall–Kier alpha value is -2.31. The fraction of sp³-hybridized carbons (Fsp3) is 0.263. The van der Waals surface area contributed by atoms with Gasteiger partial charge in [0.1, 0.15) is 17.5 Å². The van der Waals surface area contributed by atoms with E-state index in [-0.39, 0.29) is 12.0 Å². The van der Waals surface area contributed by atoms with E-state index in [0.717, 1.165) is 34.6 Å². The standard InChI is InChI=1S/C19H18ClN3O2S/c1-11-5-17(23(2)22-11)19(24)21-9-15-7-14-6-13(12-3-4-26-10-12)8-16(20)18(14)25-15/h3-6,8,10,15H,7,9H2,1-2H3,(H,21,24)/t15-/m0/s1. The summed E-state index contributed by atoms with van der Waals surface area (Å²) in [5, 5.41) is 11.9. The van der Waals surface area contributed by atoms with Gasteiger partial charge in [0.25, 0.3) is 5.91 Å². The molecule has 3 heterocycles. The van der Waals surface area contributed by atoms with Crippen LogP contribution in [0.4, 0.5) is 0 Å². The van der Waals surface area contributed by atoms with Crippen molar-refractivity contribution in [1.29, 1.82) is 0 Å². The number of nitrogens with zero attached hydrogens (tertiary/aromatic N) is 2. The number of ether oxygens (including phenoxy) is 1. The number of carbonyl (C=O) groups excluding carboxylic acids is 1. The van der Waals surface area contributed by atoms with Gasteiger partial charge in [0.2, 0.25) is 0 Å². The molecular weight excluding hydrogens is 370 g/mol. The molecule has 0 saturated heterocycles. The van der Waals surface area contributed by atoms with E-state index in [0.29, 0.717) is 17.3 Å². The van der Waals surface area contributed by atoms with Crippen LogP contribution in [0.3, 0.4) is 0 Å². The molecule has 0 radical (unpaired) electrons. The van der Waals surface area contributed by atoms with Gasteiger partial charge < -0.3 is 10.1 Å². The van der Waals surface area contributed by atoms with Gasteiger partial charge in [0.15, 0.2) is 0 Å². The third-order valence-electron chi connectivity index (χ3n) is 4.43. The van der Waals surface area contributed by atoms with Crippen LogP contribution in [-0.4, -0.2) is 28.3 Å². The molecule has 2 aromatic heterocycles. The molecule has 0 fully saturated rings. The molecule has 0 spiro atoms. The molecule has 0 bridgehead atoms. The molecule has 134 valence electrons. The molecule has 7 heteroatoms. The van der Waals surface area contributed by atoms with Gasteiger partial charge in [-0.25, -0.2) is 0 Å². The van der Waals surface area contributed by atoms with Crippen LogP contribution in [0.2, 0.25) is 5.02 Å². The zero-order valence-electron chi connectivity index (χ0n) is 14.5. The maximum absolute atomic E-state index is 12.3. The van der Waals surface area contributed by atoms with Crippen LogP contribution in [0.15, 0.2) is 35.0 Å². The first-order valence-corrected chi connectivity index (χ1v) is 9.64. The molecule has 1 atom stereocenters. The Labute approximate surface area is 160 Å². The lowest BCUT2D eigenvalue weighted by molar-refractivity contribution is 0.0924. The fourth-order valence-electron chi connectivity index (χ4n) is 3.22. The van der Waals surface area contributed by atoms with Gasteiger partial charge in [-0.3, -0.25) is 9.48 Å². The summed E-state index contributed by atoms with van der Waals surface area (Å²) < 4.78 is 7.55. The van der Waals surface area contributed by atoms with Crippen molar-refractivity contribution in [3.63, 3.8) is 0 Å². The second-order valence-electron chi connectivity index (χ2n) is 6.41. The average Bonchev–Trinajstić information content (AvgIpc) is 3.32. The SMILES string of the molecule is Cc1cc(C(=O)NC[C@@H]2Cc3cc(-c4ccsc4)cc(Cl)c3O2)n(C)n1. The highest BCUT2D eigenvalue weighted by atomic mass is 35.5. The maximum Gasteiger partial charge on any atom is 0.269 e. The first-order chi connectivity index (χ1) is 12.5. The van der Waals surface area contributed by atoms with E-state index >= 15 is 0 Å². The van der Waals surface area contributed by atoms with E-state index < -0.39 is 0 Å². The minimum Gasteiger partial charge on any atom is -0.486 e. The summed E-state index contributed by atoms with van der Waals surface area (Å²) in [5.41, 5.74) is 4.68. The van der Waals surface area contributed by atoms with Crippen molar-refractivity contribution >= 4 is 28.8 Å². The van der Waals surface area contributed by atoms with E-state index in [1.54, 1.807) is 29.1 Å². The van der Waals surface area contributed by atoms with E-state index in [4.69, 9.17) is 16.3 Å². The molecule has 5 nitrogen and oxygen atoms in total. The molecule has 1 aliphatic heterocycles. The lowest BCUT2D eigenvalue weighted by Gasteiger charge is -2.12. The summed E-state index contributed by atoms with van der Waals surface area (Å²) in [6, 6.07) is 7.90. The van der Waals surface area contributed by atoms with Gasteiger partial charge in [-0.05, 0) is 53.1 Å². The number of aryl methyl sites for hydroxylation is 2. The molecule has 0 aliphatic carbocycles. The largest absolute Gasteiger partial charge is 0.486 e. The van der Waals surface area contributed by atoms with E-state index in [1.165, 1.54) is 0 Å². The van der Waals surface area contributed by atoms with Crippen molar-refractivity contribution in [2.24, 2.45) is 7.05 Å². The van der Waals surface area contributed by atoms with Gasteiger partial charge >= 0.3 is 0 Å². The number of carbonyl (C=O) groups is 1. The van der Waals surface area contributed by atoms with Crippen LogP contribution < -0.4 is 10.1 Å². The summed E-state index contributed by atoms with van der Waals surface area (Å²) in [6.45, 7) is 2.28. The van der Waals surface area contributed by atoms with Gasteiger partial charge in [-0.15, -0.1) is 0 Å². The predicted octanol–water partition coefficient (Wildman–Crippen LogP) is 3.84. The Morgan fingerprint density at radius 3 is 2.96 bits per heavy atom. The van der Waals surface area contributed by atoms with Gasteiger partial charge in [-0.1, -0.05) is 11.6 Å². The number of rotatable bonds is 4. The quantitative estimate of drug-likeness (QED) is 0.739. The number of thiophene rings is 1. The van der Waals surface area contributed by atoms with E-state index in [2.05, 4.69) is 27.9 Å². The number of hydrogen-bond acceptors (Lipinski definition) is 4. The smallest absolute Gasteiger partial charge is 0.269 e. The first-order valence-electron chi connectivity index (χ1n) is 8.32. The number of nitrogens with one attached hydrogen (secondary N) is 1. The Balaban J connectivity index is 1.45. The molecule has 3 aromatic rings. The summed E-state index contributed by atoms with van der Waals surface area (Å²) in [5.74, 6) is 0.569. The summed E-state index contributed by atoms with van der Waals surface area (Å²) in [4.78, 5) is 12.3. The molecule has 1 amide bonds. The van der Waals surface area contributed by atoms with Crippen molar-refractivity contribution in [1.82, 2.24) is 15.1 Å². The van der Waals surface area contributed by atoms with Crippen LogP contribution >= 0.6 is 22.9 Å². The van der Waals surface area contributed by atoms with Crippen molar-refractivity contribution in [3.8, 4) is 16.9 Å². The molecular formula is C19H18ClN3O2S. The second-order valence-corrected chi connectivity index (χ2v) is 7.59.